The first-order valence-corrected chi connectivity index (χ1v) is 8.55. The quantitative estimate of drug-likeness (QED) is 0.804. The summed E-state index contributed by atoms with van der Waals surface area (Å²) in [6.45, 7) is 1.97. The molecule has 1 aliphatic carbocycles. The van der Waals surface area contributed by atoms with Crippen LogP contribution in [0.15, 0.2) is 48.5 Å². The van der Waals surface area contributed by atoms with E-state index in [0.717, 1.165) is 5.56 Å². The van der Waals surface area contributed by atoms with Gasteiger partial charge in [0, 0.05) is 5.92 Å². The summed E-state index contributed by atoms with van der Waals surface area (Å²) in [4.78, 5) is 12.7. The number of aliphatic hydroxyl groups excluding tert-OH is 1. The van der Waals surface area contributed by atoms with Crippen molar-refractivity contribution in [1.29, 1.82) is 0 Å². The van der Waals surface area contributed by atoms with Crippen LogP contribution in [0.4, 0.5) is 0 Å². The Morgan fingerprint density at radius 1 is 1.04 bits per heavy atom. The van der Waals surface area contributed by atoms with Gasteiger partial charge in [-0.1, -0.05) is 43.3 Å². The van der Waals surface area contributed by atoms with E-state index < -0.39 is 17.5 Å². The molecule has 0 bridgehead atoms. The maximum Gasteiger partial charge on any atom is 0.315 e. The Bertz CT molecular complexity index is 788. The molecule has 0 radical (unpaired) electrons. The van der Waals surface area contributed by atoms with E-state index in [1.54, 1.807) is 25.3 Å². The monoisotopic (exact) mass is 356 g/mol. The van der Waals surface area contributed by atoms with Crippen LogP contribution in [0.3, 0.4) is 0 Å². The lowest BCUT2D eigenvalue weighted by atomic mass is 9.87. The van der Waals surface area contributed by atoms with Gasteiger partial charge in [-0.2, -0.15) is 0 Å². The highest BCUT2D eigenvalue weighted by atomic mass is 16.5. The van der Waals surface area contributed by atoms with E-state index in [0.29, 0.717) is 17.1 Å². The van der Waals surface area contributed by atoms with Crippen LogP contribution in [0.5, 0.6) is 11.5 Å². The molecule has 1 saturated carbocycles. The minimum atomic E-state index is -1.02. The Labute approximate surface area is 153 Å². The Morgan fingerprint density at radius 2 is 1.69 bits per heavy atom. The predicted molar refractivity (Wildman–Crippen MR) is 97.3 cm³/mol. The molecule has 0 aromatic heterocycles. The molecule has 0 saturated heterocycles. The zero-order valence-corrected chi connectivity index (χ0v) is 15.4. The van der Waals surface area contributed by atoms with Crippen LogP contribution in [-0.2, 0) is 9.53 Å². The zero-order valence-electron chi connectivity index (χ0n) is 15.4. The Balaban J connectivity index is 2.03. The molecule has 2 aromatic carbocycles. The first kappa shape index (κ1) is 18.3. The third kappa shape index (κ3) is 2.63. The van der Waals surface area contributed by atoms with Crippen LogP contribution in [0, 0.1) is 11.3 Å². The molecule has 1 aliphatic rings. The average molecular weight is 356 g/mol. The van der Waals surface area contributed by atoms with Crippen molar-refractivity contribution in [1.82, 2.24) is 0 Å². The summed E-state index contributed by atoms with van der Waals surface area (Å²) in [6, 6.07) is 15.0. The van der Waals surface area contributed by atoms with Crippen LogP contribution >= 0.6 is 0 Å². The van der Waals surface area contributed by atoms with Gasteiger partial charge in [-0.3, -0.25) is 4.79 Å². The second kappa shape index (κ2) is 7.00. The zero-order chi connectivity index (χ0) is 18.9. The lowest BCUT2D eigenvalue weighted by Gasteiger charge is -2.23. The van der Waals surface area contributed by atoms with Crippen molar-refractivity contribution in [2.75, 3.05) is 21.3 Å². The number of benzene rings is 2. The minimum absolute atomic E-state index is 0.0551. The highest BCUT2D eigenvalue weighted by Gasteiger charge is 2.72. The molecule has 0 heterocycles. The molecule has 1 fully saturated rings. The van der Waals surface area contributed by atoms with E-state index in [1.807, 2.05) is 37.3 Å². The summed E-state index contributed by atoms with van der Waals surface area (Å²) in [5.41, 5.74) is 0.596. The summed E-state index contributed by atoms with van der Waals surface area (Å²) >= 11 is 0. The topological polar surface area (TPSA) is 65.0 Å². The Kier molecular flexibility index (Phi) is 4.92. The van der Waals surface area contributed by atoms with Gasteiger partial charge in [-0.15, -0.1) is 0 Å². The van der Waals surface area contributed by atoms with Crippen molar-refractivity contribution in [2.24, 2.45) is 11.3 Å². The molecule has 0 aliphatic heterocycles. The molecule has 138 valence electrons. The van der Waals surface area contributed by atoms with Crippen LogP contribution in [-0.4, -0.2) is 32.4 Å². The third-order valence-corrected chi connectivity index (χ3v) is 5.53. The highest BCUT2D eigenvalue weighted by molar-refractivity contribution is 5.84. The van der Waals surface area contributed by atoms with E-state index in [2.05, 4.69) is 0 Å². The normalized spacial score (nSPS) is 25.3. The van der Waals surface area contributed by atoms with Crippen molar-refractivity contribution in [3.63, 3.8) is 0 Å². The number of hydrogen-bond acceptors (Lipinski definition) is 5. The maximum absolute atomic E-state index is 12.7. The predicted octanol–water partition coefficient (Wildman–Crippen LogP) is 3.33. The second-order valence-electron chi connectivity index (χ2n) is 6.62. The number of ether oxygens (including phenoxy) is 3. The molecule has 3 rings (SSSR count). The number of esters is 1. The average Bonchev–Trinajstić information content (AvgIpc) is 3.32. The summed E-state index contributed by atoms with van der Waals surface area (Å²) in [5, 5.41) is 11.2. The third-order valence-electron chi connectivity index (χ3n) is 5.53. The van der Waals surface area contributed by atoms with E-state index in [-0.39, 0.29) is 11.8 Å². The molecule has 0 spiro atoms. The number of rotatable bonds is 6. The van der Waals surface area contributed by atoms with Crippen LogP contribution in [0.1, 0.15) is 30.1 Å². The Morgan fingerprint density at radius 3 is 2.27 bits per heavy atom. The van der Waals surface area contributed by atoms with Crippen molar-refractivity contribution in [2.45, 2.75) is 18.9 Å². The van der Waals surface area contributed by atoms with Gasteiger partial charge in [-0.05, 0) is 29.2 Å². The fraction of sp³-hybridized carbons (Fsp3) is 0.381. The van der Waals surface area contributed by atoms with E-state index in [1.165, 1.54) is 14.2 Å². The molecular weight excluding hydrogens is 332 g/mol. The molecule has 26 heavy (non-hydrogen) atoms. The van der Waals surface area contributed by atoms with Crippen molar-refractivity contribution < 1.29 is 24.1 Å². The molecule has 2 aromatic rings. The van der Waals surface area contributed by atoms with Crippen molar-refractivity contribution in [3.05, 3.63) is 59.7 Å². The van der Waals surface area contributed by atoms with Gasteiger partial charge in [0.1, 0.15) is 5.41 Å². The summed E-state index contributed by atoms with van der Waals surface area (Å²) in [5.74, 6) is 0.508. The first-order chi connectivity index (χ1) is 12.5. The largest absolute Gasteiger partial charge is 0.493 e. The minimum Gasteiger partial charge on any atom is -0.493 e. The van der Waals surface area contributed by atoms with Crippen molar-refractivity contribution >= 4 is 5.97 Å². The van der Waals surface area contributed by atoms with Gasteiger partial charge >= 0.3 is 5.97 Å². The number of hydrogen-bond donors (Lipinski definition) is 1. The van der Waals surface area contributed by atoms with E-state index in [9.17, 15) is 9.90 Å². The van der Waals surface area contributed by atoms with Crippen LogP contribution in [0.25, 0.3) is 0 Å². The fourth-order valence-corrected chi connectivity index (χ4v) is 4.13. The summed E-state index contributed by atoms with van der Waals surface area (Å²) < 4.78 is 15.7. The smallest absolute Gasteiger partial charge is 0.315 e. The van der Waals surface area contributed by atoms with Crippen LogP contribution in [0.2, 0.25) is 0 Å². The molecule has 4 atom stereocenters. The fourth-order valence-electron chi connectivity index (χ4n) is 4.13. The maximum atomic E-state index is 12.7. The number of aliphatic hydroxyl groups is 1. The standard InChI is InChI=1S/C21H24O5/c1-13-18(14-8-6-5-7-9-14)21(13,20(23)26-4)19(22)15-10-11-16(24-2)17(12-15)25-3/h5-13,18-19,22H,1-4H3/t13-,18-,19?,21?/m1/s1. The first-order valence-electron chi connectivity index (χ1n) is 8.55. The van der Waals surface area contributed by atoms with Gasteiger partial charge in [-0.25, -0.2) is 0 Å². The van der Waals surface area contributed by atoms with E-state index in [4.69, 9.17) is 14.2 Å². The second-order valence-corrected chi connectivity index (χ2v) is 6.62. The molecule has 5 heteroatoms. The Hall–Kier alpha value is -2.53. The molecule has 0 amide bonds. The molecule has 1 N–H and O–H groups in total. The SMILES string of the molecule is COC(=O)C1(C(O)c2ccc(OC)c(OC)c2)[C@H](C)[C@@H]1c1ccccc1. The van der Waals surface area contributed by atoms with Gasteiger partial charge in [0.05, 0.1) is 27.4 Å². The molecule has 2 unspecified atom stereocenters. The van der Waals surface area contributed by atoms with Crippen LogP contribution < -0.4 is 9.47 Å². The van der Waals surface area contributed by atoms with E-state index >= 15 is 0 Å². The van der Waals surface area contributed by atoms with Gasteiger partial charge in [0.25, 0.3) is 0 Å². The number of carbonyl (C=O) groups is 1. The molecule has 5 nitrogen and oxygen atoms in total. The van der Waals surface area contributed by atoms with Crippen molar-refractivity contribution in [3.8, 4) is 11.5 Å². The highest BCUT2D eigenvalue weighted by Crippen LogP contribution is 2.70. The summed E-state index contributed by atoms with van der Waals surface area (Å²) in [6.07, 6.45) is -1.02. The lowest BCUT2D eigenvalue weighted by Crippen LogP contribution is -2.28. The van der Waals surface area contributed by atoms with Gasteiger partial charge in [0.2, 0.25) is 0 Å². The lowest BCUT2D eigenvalue weighted by molar-refractivity contribution is -0.153. The number of carbonyl (C=O) groups excluding carboxylic acids is 1. The van der Waals surface area contributed by atoms with Gasteiger partial charge in [0.15, 0.2) is 11.5 Å². The van der Waals surface area contributed by atoms with Gasteiger partial charge < -0.3 is 19.3 Å². The number of methoxy groups -OCH3 is 3. The summed E-state index contributed by atoms with van der Waals surface area (Å²) in [7, 11) is 4.45. The molecular formula is C21H24O5.